The van der Waals surface area contributed by atoms with Crippen molar-refractivity contribution in [2.24, 2.45) is 0 Å². The monoisotopic (exact) mass is 293 g/mol. The Kier molecular flexibility index (Phi) is 5.38. The Hall–Kier alpha value is -1.82. The highest BCUT2D eigenvalue weighted by Gasteiger charge is 2.23. The third-order valence-electron chi connectivity index (χ3n) is 3.81. The van der Waals surface area contributed by atoms with Crippen LogP contribution in [0.2, 0.25) is 0 Å². The molecule has 116 valence electrons. The van der Waals surface area contributed by atoms with Crippen LogP contribution >= 0.6 is 0 Å². The number of hydrogen-bond acceptors (Lipinski definition) is 3. The summed E-state index contributed by atoms with van der Waals surface area (Å²) in [6, 6.07) is 3.78. The first-order chi connectivity index (χ1) is 10.1. The fourth-order valence-electron chi connectivity index (χ4n) is 2.63. The second-order valence-electron chi connectivity index (χ2n) is 5.36. The first-order valence-corrected chi connectivity index (χ1v) is 7.50. The number of aryl methyl sites for hydroxylation is 1. The van der Waals surface area contributed by atoms with Crippen LogP contribution in [0.1, 0.15) is 30.3 Å². The molecule has 0 saturated carbocycles. The van der Waals surface area contributed by atoms with E-state index in [0.29, 0.717) is 19.6 Å². The van der Waals surface area contributed by atoms with E-state index in [2.05, 4.69) is 11.8 Å². The van der Waals surface area contributed by atoms with Gasteiger partial charge in [0.25, 0.3) is 5.91 Å². The molecule has 0 atom stereocenters. The Morgan fingerprint density at radius 1 is 1.19 bits per heavy atom. The van der Waals surface area contributed by atoms with Gasteiger partial charge in [0.15, 0.2) is 0 Å². The van der Waals surface area contributed by atoms with Gasteiger partial charge >= 0.3 is 5.97 Å². The van der Waals surface area contributed by atoms with E-state index in [0.717, 1.165) is 31.7 Å². The molecule has 1 aromatic rings. The molecule has 2 heterocycles. The van der Waals surface area contributed by atoms with Gasteiger partial charge in [-0.1, -0.05) is 6.92 Å². The van der Waals surface area contributed by atoms with Crippen molar-refractivity contribution in [3.63, 3.8) is 0 Å². The molecule has 1 amide bonds. The molecule has 1 N–H and O–H groups in total. The Morgan fingerprint density at radius 3 is 2.52 bits per heavy atom. The summed E-state index contributed by atoms with van der Waals surface area (Å²) in [7, 11) is 0. The third kappa shape index (κ3) is 4.07. The van der Waals surface area contributed by atoms with Crippen LogP contribution in [0.5, 0.6) is 0 Å². The Morgan fingerprint density at radius 2 is 1.90 bits per heavy atom. The van der Waals surface area contributed by atoms with E-state index in [4.69, 9.17) is 5.11 Å². The average molecular weight is 293 g/mol. The Balaban J connectivity index is 1.88. The number of carbonyl (C=O) groups is 2. The summed E-state index contributed by atoms with van der Waals surface area (Å²) in [5, 5.41) is 8.70. The number of carboxylic acids is 1. The van der Waals surface area contributed by atoms with Gasteiger partial charge in [0.05, 0.1) is 6.42 Å². The van der Waals surface area contributed by atoms with Crippen molar-refractivity contribution < 1.29 is 14.7 Å². The van der Waals surface area contributed by atoms with Crippen LogP contribution in [0, 0.1) is 0 Å². The first-order valence-electron chi connectivity index (χ1n) is 7.50. The molecule has 2 rings (SSSR count). The van der Waals surface area contributed by atoms with Gasteiger partial charge in [-0.3, -0.25) is 14.5 Å². The van der Waals surface area contributed by atoms with Crippen molar-refractivity contribution >= 4 is 11.9 Å². The van der Waals surface area contributed by atoms with E-state index >= 15 is 0 Å². The van der Waals surface area contributed by atoms with Crippen LogP contribution in [0.25, 0.3) is 0 Å². The molecule has 1 saturated heterocycles. The molecule has 21 heavy (non-hydrogen) atoms. The quantitative estimate of drug-likeness (QED) is 0.854. The summed E-state index contributed by atoms with van der Waals surface area (Å²) in [6.45, 7) is 6.32. The molecule has 0 spiro atoms. The van der Waals surface area contributed by atoms with Crippen molar-refractivity contribution in [3.05, 3.63) is 24.0 Å². The zero-order valence-electron chi connectivity index (χ0n) is 12.5. The van der Waals surface area contributed by atoms with Crippen molar-refractivity contribution in [2.45, 2.75) is 26.3 Å². The minimum atomic E-state index is -0.772. The SMILES string of the molecule is CCCn1cccc1C(=O)N1CCN(CCC(=O)O)CC1. The summed E-state index contributed by atoms with van der Waals surface area (Å²) < 4.78 is 2.00. The molecule has 1 aliphatic heterocycles. The van der Waals surface area contributed by atoms with Crippen molar-refractivity contribution in [2.75, 3.05) is 32.7 Å². The molecule has 0 aromatic carbocycles. The molecule has 6 nitrogen and oxygen atoms in total. The maximum atomic E-state index is 12.5. The molecule has 0 aliphatic carbocycles. The minimum Gasteiger partial charge on any atom is -0.481 e. The normalized spacial score (nSPS) is 16.1. The van der Waals surface area contributed by atoms with E-state index < -0.39 is 5.97 Å². The predicted molar refractivity (Wildman–Crippen MR) is 79.3 cm³/mol. The number of nitrogens with zero attached hydrogens (tertiary/aromatic N) is 3. The van der Waals surface area contributed by atoms with Crippen molar-refractivity contribution in [3.8, 4) is 0 Å². The third-order valence-corrected chi connectivity index (χ3v) is 3.81. The number of aliphatic carboxylic acids is 1. The molecule has 6 heteroatoms. The highest BCUT2D eigenvalue weighted by Crippen LogP contribution is 2.11. The van der Waals surface area contributed by atoms with Crippen LogP contribution in [0.3, 0.4) is 0 Å². The van der Waals surface area contributed by atoms with Gasteiger partial charge in [-0.05, 0) is 18.6 Å². The molecular formula is C15H23N3O3. The van der Waals surface area contributed by atoms with E-state index in [9.17, 15) is 9.59 Å². The van der Waals surface area contributed by atoms with Crippen LogP contribution in [0.15, 0.2) is 18.3 Å². The Bertz CT molecular complexity index is 490. The lowest BCUT2D eigenvalue weighted by Crippen LogP contribution is -2.49. The lowest BCUT2D eigenvalue weighted by Gasteiger charge is -2.34. The fourth-order valence-corrected chi connectivity index (χ4v) is 2.63. The molecular weight excluding hydrogens is 270 g/mol. The topological polar surface area (TPSA) is 65.8 Å². The zero-order chi connectivity index (χ0) is 15.2. The standard InChI is InChI=1S/C15H23N3O3/c1-2-6-17-7-3-4-13(17)15(21)18-11-9-16(10-12-18)8-5-14(19)20/h3-4,7H,2,5-6,8-12H2,1H3,(H,19,20). The average Bonchev–Trinajstić information content (AvgIpc) is 2.93. The summed E-state index contributed by atoms with van der Waals surface area (Å²) >= 11 is 0. The lowest BCUT2D eigenvalue weighted by atomic mass is 10.2. The minimum absolute atomic E-state index is 0.0753. The number of rotatable bonds is 6. The molecule has 0 unspecified atom stereocenters. The zero-order valence-corrected chi connectivity index (χ0v) is 12.5. The van der Waals surface area contributed by atoms with Gasteiger partial charge in [0, 0.05) is 45.5 Å². The van der Waals surface area contributed by atoms with Crippen molar-refractivity contribution in [1.29, 1.82) is 0 Å². The largest absolute Gasteiger partial charge is 0.481 e. The van der Waals surface area contributed by atoms with Crippen LogP contribution < -0.4 is 0 Å². The molecule has 0 bridgehead atoms. The summed E-state index contributed by atoms with van der Waals surface area (Å²) in [6.07, 6.45) is 3.10. The second kappa shape index (κ2) is 7.26. The maximum Gasteiger partial charge on any atom is 0.304 e. The number of hydrogen-bond donors (Lipinski definition) is 1. The molecule has 1 aliphatic rings. The van der Waals surface area contributed by atoms with Gasteiger partial charge in [0.2, 0.25) is 0 Å². The highest BCUT2D eigenvalue weighted by atomic mass is 16.4. The number of aromatic nitrogens is 1. The fraction of sp³-hybridized carbons (Fsp3) is 0.600. The number of amides is 1. The van der Waals surface area contributed by atoms with E-state index in [1.165, 1.54) is 0 Å². The maximum absolute atomic E-state index is 12.5. The summed E-state index contributed by atoms with van der Waals surface area (Å²) in [5.41, 5.74) is 0.746. The molecule has 1 fully saturated rings. The van der Waals surface area contributed by atoms with Crippen LogP contribution in [-0.4, -0.2) is 64.1 Å². The Labute approximate surface area is 124 Å². The smallest absolute Gasteiger partial charge is 0.304 e. The number of piperazine rings is 1. The number of carboxylic acid groups (broad SMARTS) is 1. The molecule has 1 aromatic heterocycles. The lowest BCUT2D eigenvalue weighted by molar-refractivity contribution is -0.137. The van der Waals surface area contributed by atoms with Gasteiger partial charge in [-0.2, -0.15) is 0 Å². The second-order valence-corrected chi connectivity index (χ2v) is 5.36. The van der Waals surface area contributed by atoms with Crippen LogP contribution in [-0.2, 0) is 11.3 Å². The predicted octanol–water partition coefficient (Wildman–Crippen LogP) is 1.13. The highest BCUT2D eigenvalue weighted by molar-refractivity contribution is 5.92. The van der Waals surface area contributed by atoms with Crippen molar-refractivity contribution in [1.82, 2.24) is 14.4 Å². The van der Waals surface area contributed by atoms with Gasteiger partial charge in [0.1, 0.15) is 5.69 Å². The van der Waals surface area contributed by atoms with Gasteiger partial charge in [-0.25, -0.2) is 0 Å². The van der Waals surface area contributed by atoms with E-state index in [1.807, 2.05) is 27.8 Å². The molecule has 0 radical (unpaired) electrons. The van der Waals surface area contributed by atoms with Crippen LogP contribution in [0.4, 0.5) is 0 Å². The summed E-state index contributed by atoms with van der Waals surface area (Å²) in [4.78, 5) is 27.1. The van der Waals surface area contributed by atoms with E-state index in [-0.39, 0.29) is 12.3 Å². The van der Waals surface area contributed by atoms with Gasteiger partial charge in [-0.15, -0.1) is 0 Å². The summed E-state index contributed by atoms with van der Waals surface area (Å²) in [5.74, 6) is -0.697. The first kappa shape index (κ1) is 15.6. The number of carbonyl (C=O) groups excluding carboxylic acids is 1. The van der Waals surface area contributed by atoms with Gasteiger partial charge < -0.3 is 14.6 Å². The van der Waals surface area contributed by atoms with E-state index in [1.54, 1.807) is 0 Å².